The van der Waals surface area contributed by atoms with Crippen LogP contribution in [0.2, 0.25) is 0 Å². The highest BCUT2D eigenvalue weighted by atomic mass is 35.5. The minimum atomic E-state index is -0.131. The highest BCUT2D eigenvalue weighted by Crippen LogP contribution is 2.29. The van der Waals surface area contributed by atoms with Gasteiger partial charge in [0.05, 0.1) is 17.5 Å². The molecule has 0 bridgehead atoms. The van der Waals surface area contributed by atoms with Crippen molar-refractivity contribution in [2.75, 3.05) is 51.2 Å². The Bertz CT molecular complexity index is 1010. The number of nitrogens with one attached hydrogen (secondary N) is 1. The fraction of sp³-hybridized carbons (Fsp3) is 0.571. The predicted octanol–water partition coefficient (Wildman–Crippen LogP) is 1.31. The molecule has 1 N–H and O–H groups in total. The molecule has 2 aliphatic rings. The second-order valence-corrected chi connectivity index (χ2v) is 8.26. The molecule has 32 heavy (non-hydrogen) atoms. The van der Waals surface area contributed by atoms with E-state index in [-0.39, 0.29) is 36.8 Å². The van der Waals surface area contributed by atoms with Crippen LogP contribution in [0.15, 0.2) is 18.6 Å². The van der Waals surface area contributed by atoms with Gasteiger partial charge >= 0.3 is 6.03 Å². The minimum absolute atomic E-state index is 0. The van der Waals surface area contributed by atoms with Gasteiger partial charge in [-0.2, -0.15) is 5.26 Å². The molecule has 2 amide bonds. The Kier molecular flexibility index (Phi) is 7.53. The molecule has 0 spiro atoms. The fourth-order valence-electron chi connectivity index (χ4n) is 4.50. The van der Waals surface area contributed by atoms with Gasteiger partial charge in [0.1, 0.15) is 18.6 Å². The van der Waals surface area contributed by atoms with E-state index in [1.165, 1.54) is 6.33 Å². The zero-order chi connectivity index (χ0) is 22.0. The number of nitriles is 1. The van der Waals surface area contributed by atoms with Crippen molar-refractivity contribution in [1.29, 1.82) is 5.26 Å². The van der Waals surface area contributed by atoms with E-state index in [9.17, 15) is 9.59 Å². The topological polar surface area (TPSA) is 110 Å². The van der Waals surface area contributed by atoms with Crippen LogP contribution >= 0.6 is 12.4 Å². The van der Waals surface area contributed by atoms with Crippen molar-refractivity contribution < 1.29 is 9.59 Å². The van der Waals surface area contributed by atoms with Crippen molar-refractivity contribution in [3.05, 3.63) is 18.6 Å². The lowest BCUT2D eigenvalue weighted by atomic mass is 9.92. The van der Waals surface area contributed by atoms with Crippen molar-refractivity contribution in [3.63, 3.8) is 0 Å². The summed E-state index contributed by atoms with van der Waals surface area (Å²) in [5, 5.41) is 12.9. The molecule has 2 aromatic rings. The number of nitrogens with zero attached hydrogens (tertiary/aromatic N) is 7. The van der Waals surface area contributed by atoms with E-state index in [4.69, 9.17) is 5.26 Å². The number of hydrogen-bond acceptors (Lipinski definition) is 7. The van der Waals surface area contributed by atoms with Gasteiger partial charge < -0.3 is 20.0 Å². The van der Waals surface area contributed by atoms with E-state index in [0.29, 0.717) is 37.7 Å². The van der Waals surface area contributed by atoms with Gasteiger partial charge in [0.15, 0.2) is 5.65 Å². The third kappa shape index (κ3) is 4.49. The number of carbonyl (C=O) groups excluding carboxylic acids is 2. The molecule has 11 heteroatoms. The quantitative estimate of drug-likeness (QED) is 0.735. The third-order valence-electron chi connectivity index (χ3n) is 6.39. The summed E-state index contributed by atoms with van der Waals surface area (Å²) >= 11 is 0. The van der Waals surface area contributed by atoms with Gasteiger partial charge in [-0.1, -0.05) is 6.92 Å². The first-order chi connectivity index (χ1) is 15.0. The summed E-state index contributed by atoms with van der Waals surface area (Å²) in [6, 6.07) is 3.81. The van der Waals surface area contributed by atoms with Gasteiger partial charge in [0.2, 0.25) is 5.91 Å². The molecular weight excluding hydrogens is 432 g/mol. The van der Waals surface area contributed by atoms with E-state index in [1.807, 2.05) is 24.1 Å². The number of piperazine rings is 1. The smallest absolute Gasteiger partial charge is 0.329 e. The number of aromatic nitrogens is 3. The van der Waals surface area contributed by atoms with Crippen LogP contribution in [-0.2, 0) is 4.79 Å². The molecule has 2 aromatic heterocycles. The number of fused-ring (bicyclic) bond motifs is 1. The van der Waals surface area contributed by atoms with Gasteiger partial charge in [-0.25, -0.2) is 14.8 Å². The van der Waals surface area contributed by atoms with Gasteiger partial charge in [0, 0.05) is 52.5 Å². The normalized spacial score (nSPS) is 21.0. The molecule has 172 valence electrons. The third-order valence-corrected chi connectivity index (χ3v) is 6.39. The standard InChI is InChI=1S/C21H28N8O2.ClH/c1-15-4-9-28(18(30)3-6-22)13-17(15)26(2)19-16-5-10-29(20(16)25-14-24-19)21(31)27-11-7-23-8-12-27;/h5,10,14-15,17,23H,3-4,7-9,11-13H2,1-2H3;1H/t15-,17+;/m1./s1. The second-order valence-electron chi connectivity index (χ2n) is 8.26. The lowest BCUT2D eigenvalue weighted by Gasteiger charge is -2.42. The Morgan fingerprint density at radius 1 is 1.25 bits per heavy atom. The molecule has 2 aliphatic heterocycles. The van der Waals surface area contributed by atoms with Gasteiger partial charge in [-0.3, -0.25) is 9.36 Å². The van der Waals surface area contributed by atoms with E-state index < -0.39 is 0 Å². The number of piperidine rings is 1. The van der Waals surface area contributed by atoms with Crippen LogP contribution in [-0.4, -0.2) is 88.6 Å². The molecule has 0 radical (unpaired) electrons. The highest BCUT2D eigenvalue weighted by molar-refractivity contribution is 5.95. The first kappa shape index (κ1) is 23.8. The van der Waals surface area contributed by atoms with Crippen LogP contribution in [0.25, 0.3) is 11.0 Å². The molecule has 0 unspecified atom stereocenters. The average molecular weight is 461 g/mol. The SMILES string of the molecule is C[C@@H]1CCN(C(=O)CC#N)C[C@@H]1N(C)c1ncnc2c1ccn2C(=O)N1CCNCC1.Cl. The lowest BCUT2D eigenvalue weighted by Crippen LogP contribution is -2.52. The van der Waals surface area contributed by atoms with E-state index in [2.05, 4.69) is 27.1 Å². The Hall–Kier alpha value is -2.90. The summed E-state index contributed by atoms with van der Waals surface area (Å²) in [7, 11) is 1.97. The average Bonchev–Trinajstić information content (AvgIpc) is 3.23. The first-order valence-electron chi connectivity index (χ1n) is 10.7. The highest BCUT2D eigenvalue weighted by Gasteiger charge is 2.33. The minimum Gasteiger partial charge on any atom is -0.354 e. The molecule has 0 aliphatic carbocycles. The van der Waals surface area contributed by atoms with Crippen molar-refractivity contribution in [3.8, 4) is 6.07 Å². The Morgan fingerprint density at radius 2 is 2.00 bits per heavy atom. The first-order valence-corrected chi connectivity index (χ1v) is 10.7. The largest absolute Gasteiger partial charge is 0.354 e. The zero-order valence-corrected chi connectivity index (χ0v) is 19.2. The molecule has 2 atom stereocenters. The number of rotatable bonds is 3. The predicted molar refractivity (Wildman–Crippen MR) is 123 cm³/mol. The number of amides is 2. The van der Waals surface area contributed by atoms with Crippen LogP contribution in [0.4, 0.5) is 10.6 Å². The fourth-order valence-corrected chi connectivity index (χ4v) is 4.50. The summed E-state index contributed by atoms with van der Waals surface area (Å²) in [6.07, 6.45) is 4.01. The van der Waals surface area contributed by atoms with Gasteiger partial charge in [0.25, 0.3) is 0 Å². The maximum Gasteiger partial charge on any atom is 0.329 e. The van der Waals surface area contributed by atoms with Crippen molar-refractivity contribution >= 4 is 41.2 Å². The monoisotopic (exact) mass is 460 g/mol. The summed E-state index contributed by atoms with van der Waals surface area (Å²) in [5.41, 5.74) is 0.584. The van der Waals surface area contributed by atoms with E-state index in [0.717, 1.165) is 30.7 Å². The van der Waals surface area contributed by atoms with Crippen LogP contribution in [0.1, 0.15) is 19.8 Å². The molecule has 2 fully saturated rings. The lowest BCUT2D eigenvalue weighted by molar-refractivity contribution is -0.131. The molecular formula is C21H29ClN8O2. The Balaban J connectivity index is 0.00000289. The molecule has 4 heterocycles. The van der Waals surface area contributed by atoms with Crippen molar-refractivity contribution in [2.24, 2.45) is 5.92 Å². The maximum atomic E-state index is 13.0. The summed E-state index contributed by atoms with van der Waals surface area (Å²) in [4.78, 5) is 39.8. The molecule has 0 aromatic carbocycles. The van der Waals surface area contributed by atoms with Crippen molar-refractivity contribution in [1.82, 2.24) is 29.7 Å². The van der Waals surface area contributed by atoms with E-state index in [1.54, 1.807) is 15.7 Å². The maximum absolute atomic E-state index is 13.0. The van der Waals surface area contributed by atoms with Crippen LogP contribution in [0, 0.1) is 17.2 Å². The van der Waals surface area contributed by atoms with Crippen molar-refractivity contribution in [2.45, 2.75) is 25.8 Å². The number of likely N-dealkylation sites (N-methyl/N-ethyl adjacent to an activating group) is 1. The van der Waals surface area contributed by atoms with Gasteiger partial charge in [-0.15, -0.1) is 12.4 Å². The number of likely N-dealkylation sites (tertiary alicyclic amines) is 1. The molecule has 0 saturated carbocycles. The van der Waals surface area contributed by atoms with Crippen LogP contribution in [0.5, 0.6) is 0 Å². The summed E-state index contributed by atoms with van der Waals surface area (Å²) < 4.78 is 1.59. The summed E-state index contributed by atoms with van der Waals surface area (Å²) in [5.74, 6) is 0.961. The molecule has 4 rings (SSSR count). The number of halogens is 1. The molecule has 10 nitrogen and oxygen atoms in total. The summed E-state index contributed by atoms with van der Waals surface area (Å²) in [6.45, 7) is 6.30. The van der Waals surface area contributed by atoms with Crippen LogP contribution < -0.4 is 10.2 Å². The van der Waals surface area contributed by atoms with Gasteiger partial charge in [-0.05, 0) is 18.4 Å². The Labute approximate surface area is 193 Å². The number of carbonyl (C=O) groups is 2. The number of anilines is 1. The number of hydrogen-bond donors (Lipinski definition) is 1. The van der Waals surface area contributed by atoms with E-state index >= 15 is 0 Å². The van der Waals surface area contributed by atoms with Crippen LogP contribution in [0.3, 0.4) is 0 Å². The molecule has 2 saturated heterocycles. The Morgan fingerprint density at radius 3 is 2.72 bits per heavy atom. The second kappa shape index (κ2) is 10.1. The zero-order valence-electron chi connectivity index (χ0n) is 18.4.